The van der Waals surface area contributed by atoms with Crippen LogP contribution in [0.5, 0.6) is 0 Å². The minimum Gasteiger partial charge on any atom is -0.298 e. The third-order valence-electron chi connectivity index (χ3n) is 4.48. The van der Waals surface area contributed by atoms with Crippen molar-refractivity contribution in [2.45, 2.75) is 39.7 Å². The van der Waals surface area contributed by atoms with Crippen LogP contribution in [0.4, 0.5) is 5.13 Å². The lowest BCUT2D eigenvalue weighted by Crippen LogP contribution is -2.12. The first-order chi connectivity index (χ1) is 11.6. The second-order valence-corrected chi connectivity index (χ2v) is 7.38. The quantitative estimate of drug-likeness (QED) is 0.793. The van der Waals surface area contributed by atoms with Crippen molar-refractivity contribution in [2.75, 3.05) is 5.32 Å². The van der Waals surface area contributed by atoms with Gasteiger partial charge in [-0.1, -0.05) is 12.1 Å². The molecule has 124 valence electrons. The molecule has 0 bridgehead atoms. The van der Waals surface area contributed by atoms with Gasteiger partial charge in [0, 0.05) is 17.0 Å². The number of rotatable bonds is 3. The van der Waals surface area contributed by atoms with E-state index in [-0.39, 0.29) is 5.91 Å². The van der Waals surface area contributed by atoms with Gasteiger partial charge < -0.3 is 0 Å². The van der Waals surface area contributed by atoms with Gasteiger partial charge in [0.1, 0.15) is 5.52 Å². The van der Waals surface area contributed by atoms with E-state index in [4.69, 9.17) is 0 Å². The summed E-state index contributed by atoms with van der Waals surface area (Å²) in [4.78, 5) is 18.4. The fourth-order valence-electron chi connectivity index (χ4n) is 3.11. The SMILES string of the molecule is CCn1nnc2cc(C(=O)Nc3nc4c(s3)C[C@@H](C)CC4)ccc21. The van der Waals surface area contributed by atoms with E-state index in [1.807, 2.05) is 23.7 Å². The molecular formula is C17H19N5OS. The highest BCUT2D eigenvalue weighted by molar-refractivity contribution is 7.15. The van der Waals surface area contributed by atoms with Crippen LogP contribution in [-0.2, 0) is 19.4 Å². The van der Waals surface area contributed by atoms with Gasteiger partial charge in [0.05, 0.1) is 11.2 Å². The second-order valence-electron chi connectivity index (χ2n) is 6.30. The van der Waals surface area contributed by atoms with E-state index in [1.54, 1.807) is 17.4 Å². The molecule has 0 fully saturated rings. The fraction of sp³-hybridized carbons (Fsp3) is 0.412. The Balaban J connectivity index is 1.56. The Morgan fingerprint density at radius 2 is 2.33 bits per heavy atom. The molecule has 1 aromatic carbocycles. The Kier molecular flexibility index (Phi) is 3.80. The smallest absolute Gasteiger partial charge is 0.257 e. The molecule has 7 heteroatoms. The van der Waals surface area contributed by atoms with E-state index in [9.17, 15) is 4.79 Å². The summed E-state index contributed by atoms with van der Waals surface area (Å²) in [6.07, 6.45) is 3.25. The van der Waals surface area contributed by atoms with Crippen LogP contribution in [0.3, 0.4) is 0 Å². The monoisotopic (exact) mass is 341 g/mol. The van der Waals surface area contributed by atoms with Crippen molar-refractivity contribution in [1.82, 2.24) is 20.0 Å². The number of carbonyl (C=O) groups excluding carboxylic acids is 1. The van der Waals surface area contributed by atoms with Gasteiger partial charge in [-0.05, 0) is 50.3 Å². The van der Waals surface area contributed by atoms with Crippen molar-refractivity contribution in [3.8, 4) is 0 Å². The number of aryl methyl sites for hydroxylation is 2. The van der Waals surface area contributed by atoms with Gasteiger partial charge in [0.2, 0.25) is 0 Å². The van der Waals surface area contributed by atoms with Gasteiger partial charge in [-0.2, -0.15) is 0 Å². The van der Waals surface area contributed by atoms with E-state index in [0.717, 1.165) is 36.1 Å². The van der Waals surface area contributed by atoms with Crippen LogP contribution in [0.1, 0.15) is 41.2 Å². The highest BCUT2D eigenvalue weighted by Gasteiger charge is 2.21. The van der Waals surface area contributed by atoms with E-state index in [0.29, 0.717) is 16.6 Å². The average molecular weight is 341 g/mol. The summed E-state index contributed by atoms with van der Waals surface area (Å²) >= 11 is 1.60. The molecule has 0 radical (unpaired) electrons. The molecule has 1 aliphatic carbocycles. The first-order valence-corrected chi connectivity index (χ1v) is 9.09. The number of anilines is 1. The Bertz CT molecular complexity index is 913. The molecule has 0 aliphatic heterocycles. The van der Waals surface area contributed by atoms with Crippen LogP contribution in [0.15, 0.2) is 18.2 Å². The standard InChI is InChI=1S/C17H19N5OS/c1-3-22-14-7-5-11(9-13(14)20-21-22)16(23)19-17-18-12-6-4-10(2)8-15(12)24-17/h5,7,9-10H,3-4,6,8H2,1-2H3,(H,18,19,23)/t10-/m0/s1. The molecule has 3 aromatic rings. The average Bonchev–Trinajstić information content (AvgIpc) is 3.16. The van der Waals surface area contributed by atoms with Crippen LogP contribution in [0.25, 0.3) is 11.0 Å². The number of nitrogens with one attached hydrogen (secondary N) is 1. The first kappa shape index (κ1) is 15.3. The maximum Gasteiger partial charge on any atom is 0.257 e. The normalized spacial score (nSPS) is 17.0. The minimum absolute atomic E-state index is 0.151. The van der Waals surface area contributed by atoms with Crippen LogP contribution in [0.2, 0.25) is 0 Å². The Hall–Kier alpha value is -2.28. The number of thiazole rings is 1. The zero-order chi connectivity index (χ0) is 16.7. The number of hydrogen-bond donors (Lipinski definition) is 1. The van der Waals surface area contributed by atoms with Crippen LogP contribution < -0.4 is 5.32 Å². The maximum absolute atomic E-state index is 12.5. The predicted molar refractivity (Wildman–Crippen MR) is 94.5 cm³/mol. The molecule has 1 atom stereocenters. The molecule has 1 N–H and O–H groups in total. The minimum atomic E-state index is -0.151. The van der Waals surface area contributed by atoms with Crippen molar-refractivity contribution in [3.63, 3.8) is 0 Å². The van der Waals surface area contributed by atoms with Crippen molar-refractivity contribution >= 4 is 33.4 Å². The van der Waals surface area contributed by atoms with Crippen molar-refractivity contribution in [3.05, 3.63) is 34.3 Å². The maximum atomic E-state index is 12.5. The molecule has 24 heavy (non-hydrogen) atoms. The summed E-state index contributed by atoms with van der Waals surface area (Å²) in [7, 11) is 0. The number of aromatic nitrogens is 4. The fourth-order valence-corrected chi connectivity index (χ4v) is 4.28. The number of fused-ring (bicyclic) bond motifs is 2. The molecule has 1 amide bonds. The molecule has 0 unspecified atom stereocenters. The summed E-state index contributed by atoms with van der Waals surface area (Å²) in [6, 6.07) is 5.48. The third-order valence-corrected chi connectivity index (χ3v) is 5.52. The molecule has 0 saturated heterocycles. The number of carbonyl (C=O) groups is 1. The Labute approximate surface area is 143 Å². The molecule has 4 rings (SSSR count). The van der Waals surface area contributed by atoms with E-state index >= 15 is 0 Å². The third kappa shape index (κ3) is 2.69. The highest BCUT2D eigenvalue weighted by Crippen LogP contribution is 2.32. The van der Waals surface area contributed by atoms with Crippen molar-refractivity contribution in [1.29, 1.82) is 0 Å². The molecular weight excluding hydrogens is 322 g/mol. The van der Waals surface area contributed by atoms with Crippen molar-refractivity contribution in [2.24, 2.45) is 5.92 Å². The molecule has 0 saturated carbocycles. The summed E-state index contributed by atoms with van der Waals surface area (Å²) in [5.41, 5.74) is 3.39. The lowest BCUT2D eigenvalue weighted by atomic mass is 9.93. The molecule has 0 spiro atoms. The summed E-state index contributed by atoms with van der Waals surface area (Å²) in [6.45, 7) is 5.03. The van der Waals surface area contributed by atoms with E-state index in [1.165, 1.54) is 11.3 Å². The first-order valence-electron chi connectivity index (χ1n) is 8.27. The zero-order valence-electron chi connectivity index (χ0n) is 13.7. The van der Waals surface area contributed by atoms with Gasteiger partial charge in [-0.3, -0.25) is 10.1 Å². The molecule has 1 aliphatic rings. The number of benzene rings is 1. The van der Waals surface area contributed by atoms with E-state index in [2.05, 4.69) is 27.5 Å². The predicted octanol–water partition coefficient (Wildman–Crippen LogP) is 3.28. The lowest BCUT2D eigenvalue weighted by Gasteiger charge is -2.15. The topological polar surface area (TPSA) is 72.7 Å². The van der Waals surface area contributed by atoms with E-state index < -0.39 is 0 Å². The van der Waals surface area contributed by atoms with Crippen LogP contribution >= 0.6 is 11.3 Å². The largest absolute Gasteiger partial charge is 0.298 e. The molecule has 2 heterocycles. The second kappa shape index (κ2) is 5.98. The van der Waals surface area contributed by atoms with Crippen LogP contribution in [-0.4, -0.2) is 25.9 Å². The lowest BCUT2D eigenvalue weighted by molar-refractivity contribution is 0.102. The molecule has 6 nitrogen and oxygen atoms in total. The van der Waals surface area contributed by atoms with Crippen LogP contribution in [0, 0.1) is 5.92 Å². The number of amides is 1. The zero-order valence-corrected chi connectivity index (χ0v) is 14.6. The van der Waals surface area contributed by atoms with Gasteiger partial charge in [-0.15, -0.1) is 16.4 Å². The number of nitrogens with zero attached hydrogens (tertiary/aromatic N) is 4. The van der Waals surface area contributed by atoms with Gasteiger partial charge in [0.15, 0.2) is 5.13 Å². The highest BCUT2D eigenvalue weighted by atomic mass is 32.1. The summed E-state index contributed by atoms with van der Waals surface area (Å²) in [5, 5.41) is 11.8. The molecule has 2 aromatic heterocycles. The summed E-state index contributed by atoms with van der Waals surface area (Å²) < 4.78 is 1.81. The Morgan fingerprint density at radius 1 is 1.46 bits per heavy atom. The Morgan fingerprint density at radius 3 is 3.17 bits per heavy atom. The number of hydrogen-bond acceptors (Lipinski definition) is 5. The van der Waals surface area contributed by atoms with Gasteiger partial charge >= 0.3 is 0 Å². The van der Waals surface area contributed by atoms with Gasteiger partial charge in [-0.25, -0.2) is 9.67 Å². The summed E-state index contributed by atoms with van der Waals surface area (Å²) in [5.74, 6) is 0.548. The van der Waals surface area contributed by atoms with Crippen molar-refractivity contribution < 1.29 is 4.79 Å². The van der Waals surface area contributed by atoms with Gasteiger partial charge in [0.25, 0.3) is 5.91 Å².